The number of hydroxylamine groups is 2. The zero-order valence-electron chi connectivity index (χ0n) is 24.8. The molecule has 2 atom stereocenters. The molecule has 0 bridgehead atoms. The first kappa shape index (κ1) is 35.2. The van der Waals surface area contributed by atoms with Crippen molar-refractivity contribution in [2.75, 3.05) is 25.0 Å². The Morgan fingerprint density at radius 1 is 0.875 bits per heavy atom. The first-order valence-corrected chi connectivity index (χ1v) is 15.0. The summed E-state index contributed by atoms with van der Waals surface area (Å²) in [6.45, 7) is 6.47. The summed E-state index contributed by atoms with van der Waals surface area (Å²) in [7, 11) is 0. The van der Waals surface area contributed by atoms with E-state index >= 15 is 0 Å². The number of hydrogen-bond acceptors (Lipinski definition) is 7. The summed E-state index contributed by atoms with van der Waals surface area (Å²) >= 11 is 0. The second kappa shape index (κ2) is 21.9. The second-order valence-electron chi connectivity index (χ2n) is 10.3. The first-order valence-electron chi connectivity index (χ1n) is 15.0. The van der Waals surface area contributed by atoms with Crippen LogP contribution < -0.4 is 20.7 Å². The molecular formula is C30H52N4O6. The number of unbranched alkanes of at least 4 members (excludes halogenated alkanes) is 9. The van der Waals surface area contributed by atoms with E-state index in [1.165, 1.54) is 58.3 Å². The molecule has 1 rings (SSSR count). The number of likely N-dealkylation sites (N-methyl/N-ethyl adjacent to an activating group) is 1. The first-order chi connectivity index (χ1) is 19.3. The Balaban J connectivity index is 2.27. The minimum absolute atomic E-state index is 0.0393. The maximum absolute atomic E-state index is 12.4. The van der Waals surface area contributed by atoms with Crippen LogP contribution in [0.3, 0.4) is 0 Å². The summed E-state index contributed by atoms with van der Waals surface area (Å²) < 4.78 is 5.72. The van der Waals surface area contributed by atoms with Gasteiger partial charge in [0.15, 0.2) is 6.17 Å². The third-order valence-electron chi connectivity index (χ3n) is 6.42. The predicted octanol–water partition coefficient (Wildman–Crippen LogP) is 4.75. The number of anilines is 1. The molecule has 0 saturated carbocycles. The molecule has 5 N–H and O–H groups in total. The highest BCUT2D eigenvalue weighted by Crippen LogP contribution is 2.17. The van der Waals surface area contributed by atoms with Crippen molar-refractivity contribution in [3.8, 4) is 5.75 Å². The van der Waals surface area contributed by atoms with Gasteiger partial charge in [0.05, 0.1) is 19.1 Å². The molecule has 0 heterocycles. The lowest BCUT2D eigenvalue weighted by Crippen LogP contribution is -2.52. The molecule has 0 radical (unpaired) electrons. The predicted molar refractivity (Wildman–Crippen MR) is 157 cm³/mol. The molecular weight excluding hydrogens is 512 g/mol. The van der Waals surface area contributed by atoms with Crippen molar-refractivity contribution in [2.24, 2.45) is 0 Å². The Bertz CT molecular complexity index is 834. The number of nitrogens with one attached hydrogen (secondary N) is 3. The van der Waals surface area contributed by atoms with Gasteiger partial charge in [0.2, 0.25) is 11.8 Å². The summed E-state index contributed by atoms with van der Waals surface area (Å²) in [5, 5.41) is 28.1. The van der Waals surface area contributed by atoms with Gasteiger partial charge in [0, 0.05) is 25.2 Å². The third-order valence-corrected chi connectivity index (χ3v) is 6.42. The molecule has 1 aromatic rings. The number of hydrogen-bond donors (Lipinski definition) is 5. The minimum Gasteiger partial charge on any atom is -0.494 e. The van der Waals surface area contributed by atoms with Crippen LogP contribution >= 0.6 is 0 Å². The minimum atomic E-state index is -1.21. The maximum atomic E-state index is 12.4. The Hall–Kier alpha value is -2.85. The Morgan fingerprint density at radius 3 is 2.05 bits per heavy atom. The number of ether oxygens (including phenoxy) is 1. The number of carbonyl (C=O) groups excluding carboxylic acids is 3. The van der Waals surface area contributed by atoms with Crippen LogP contribution in [-0.2, 0) is 14.4 Å². The van der Waals surface area contributed by atoms with Gasteiger partial charge < -0.3 is 25.8 Å². The zero-order valence-corrected chi connectivity index (χ0v) is 24.8. The van der Waals surface area contributed by atoms with Crippen LogP contribution in [0, 0.1) is 0 Å². The fourth-order valence-electron chi connectivity index (χ4n) is 4.12. The summed E-state index contributed by atoms with van der Waals surface area (Å²) in [4.78, 5) is 36.6. The third kappa shape index (κ3) is 17.0. The number of aliphatic hydroxyl groups excluding tert-OH is 1. The van der Waals surface area contributed by atoms with Crippen LogP contribution in [0.5, 0.6) is 5.75 Å². The fraction of sp³-hybridized carbons (Fsp3) is 0.700. The van der Waals surface area contributed by atoms with E-state index in [1.54, 1.807) is 31.2 Å². The van der Waals surface area contributed by atoms with E-state index in [2.05, 4.69) is 22.9 Å². The molecule has 0 aromatic heterocycles. The molecule has 10 nitrogen and oxygen atoms in total. The standard InChI is InChI=1S/C30H52N4O6/c1-4-6-7-8-9-10-11-12-13-14-21-31-27(36)16-15-22-40-26-19-17-25(18-20-26)32-29(30(38)34(39)5-2)33-28(37)23-24(3)35/h17-20,24,29,32,35,39H,4-16,21-23H2,1-3H3,(H,31,36)(H,33,37). The molecule has 0 saturated heterocycles. The lowest BCUT2D eigenvalue weighted by atomic mass is 10.1. The smallest absolute Gasteiger partial charge is 0.289 e. The lowest BCUT2D eigenvalue weighted by molar-refractivity contribution is -0.166. The average Bonchev–Trinajstić information content (AvgIpc) is 2.93. The van der Waals surface area contributed by atoms with Crippen LogP contribution in [0.25, 0.3) is 0 Å². The van der Waals surface area contributed by atoms with Crippen molar-refractivity contribution in [1.82, 2.24) is 15.7 Å². The molecule has 0 spiro atoms. The molecule has 2 unspecified atom stereocenters. The monoisotopic (exact) mass is 564 g/mol. The number of amides is 3. The van der Waals surface area contributed by atoms with E-state index in [4.69, 9.17) is 4.74 Å². The maximum Gasteiger partial charge on any atom is 0.289 e. The number of nitrogens with zero attached hydrogens (tertiary/aromatic N) is 1. The van der Waals surface area contributed by atoms with Gasteiger partial charge in [-0.3, -0.25) is 19.6 Å². The average molecular weight is 565 g/mol. The quantitative estimate of drug-likeness (QED) is 0.0559. The van der Waals surface area contributed by atoms with Crippen LogP contribution in [0.2, 0.25) is 0 Å². The van der Waals surface area contributed by atoms with E-state index in [0.29, 0.717) is 35.9 Å². The highest BCUT2D eigenvalue weighted by Gasteiger charge is 2.25. The molecule has 0 aliphatic heterocycles. The van der Waals surface area contributed by atoms with Gasteiger partial charge >= 0.3 is 0 Å². The van der Waals surface area contributed by atoms with Gasteiger partial charge in [-0.25, -0.2) is 5.06 Å². The van der Waals surface area contributed by atoms with Crippen molar-refractivity contribution in [3.63, 3.8) is 0 Å². The van der Waals surface area contributed by atoms with E-state index in [1.807, 2.05) is 0 Å². The van der Waals surface area contributed by atoms with Gasteiger partial charge in [-0.15, -0.1) is 0 Å². The van der Waals surface area contributed by atoms with Crippen LogP contribution in [0.15, 0.2) is 24.3 Å². The molecule has 0 fully saturated rings. The van der Waals surface area contributed by atoms with Crippen molar-refractivity contribution < 1.29 is 29.4 Å². The SMILES string of the molecule is CCCCCCCCCCCCNC(=O)CCCOc1ccc(NC(NC(=O)CC(C)O)C(=O)N(O)CC)cc1. The normalized spacial score (nSPS) is 12.3. The van der Waals surface area contributed by atoms with Crippen LogP contribution in [0.1, 0.15) is 104 Å². The highest BCUT2D eigenvalue weighted by atomic mass is 16.5. The Kier molecular flexibility index (Phi) is 19.3. The second-order valence-corrected chi connectivity index (χ2v) is 10.3. The molecule has 228 valence electrons. The lowest BCUT2D eigenvalue weighted by Gasteiger charge is -2.24. The number of aliphatic hydroxyl groups is 1. The van der Waals surface area contributed by atoms with Crippen LogP contribution in [-0.4, -0.2) is 65.1 Å². The van der Waals surface area contributed by atoms with Gasteiger partial charge in [-0.2, -0.15) is 0 Å². The zero-order chi connectivity index (χ0) is 29.6. The Morgan fingerprint density at radius 2 is 1.48 bits per heavy atom. The van der Waals surface area contributed by atoms with Gasteiger partial charge in [-0.1, -0.05) is 64.7 Å². The summed E-state index contributed by atoms with van der Waals surface area (Å²) in [6, 6.07) is 6.79. The van der Waals surface area contributed by atoms with Gasteiger partial charge in [-0.05, 0) is 51.0 Å². The van der Waals surface area contributed by atoms with E-state index < -0.39 is 24.1 Å². The fourth-order valence-corrected chi connectivity index (χ4v) is 4.12. The van der Waals surface area contributed by atoms with Gasteiger partial charge in [0.1, 0.15) is 5.75 Å². The van der Waals surface area contributed by atoms with Gasteiger partial charge in [0.25, 0.3) is 5.91 Å². The topological polar surface area (TPSA) is 140 Å². The molecule has 40 heavy (non-hydrogen) atoms. The molecule has 10 heteroatoms. The molecule has 0 aliphatic rings. The van der Waals surface area contributed by atoms with E-state index in [0.717, 1.165) is 19.4 Å². The largest absolute Gasteiger partial charge is 0.494 e. The van der Waals surface area contributed by atoms with Crippen molar-refractivity contribution in [1.29, 1.82) is 0 Å². The van der Waals surface area contributed by atoms with Crippen molar-refractivity contribution in [3.05, 3.63) is 24.3 Å². The molecule has 3 amide bonds. The van der Waals surface area contributed by atoms with Crippen LogP contribution in [0.4, 0.5) is 5.69 Å². The van der Waals surface area contributed by atoms with E-state index in [-0.39, 0.29) is 18.9 Å². The number of rotatable bonds is 23. The van der Waals surface area contributed by atoms with E-state index in [9.17, 15) is 24.7 Å². The summed E-state index contributed by atoms with van der Waals surface area (Å²) in [6.07, 6.45) is 11.5. The highest BCUT2D eigenvalue weighted by molar-refractivity contribution is 5.89. The number of benzene rings is 1. The van der Waals surface area contributed by atoms with Crippen molar-refractivity contribution >= 4 is 23.4 Å². The molecule has 1 aromatic carbocycles. The van der Waals surface area contributed by atoms with Crippen molar-refractivity contribution in [2.45, 2.75) is 117 Å². The summed E-state index contributed by atoms with van der Waals surface area (Å²) in [5.74, 6) is -0.613. The Labute approximate surface area is 240 Å². The number of carbonyl (C=O) groups is 3. The molecule has 0 aliphatic carbocycles. The summed E-state index contributed by atoms with van der Waals surface area (Å²) in [5.41, 5.74) is 0.527.